The summed E-state index contributed by atoms with van der Waals surface area (Å²) in [6.45, 7) is 1.61. The second kappa shape index (κ2) is 8.18. The Morgan fingerprint density at radius 1 is 1.16 bits per heavy atom. The molecule has 2 rings (SSSR count). The number of amides is 1. The van der Waals surface area contributed by atoms with Crippen LogP contribution >= 0.6 is 12.4 Å². The molecule has 19 heavy (non-hydrogen) atoms. The molecule has 0 bridgehead atoms. The zero-order chi connectivity index (χ0) is 12.8. The molecule has 3 nitrogen and oxygen atoms in total. The number of unbranched alkanes of at least 4 members (excludes halogenated alkanes) is 3. The highest BCUT2D eigenvalue weighted by atomic mass is 35.5. The zero-order valence-corrected chi connectivity index (χ0v) is 12.1. The Morgan fingerprint density at radius 2 is 1.89 bits per heavy atom. The molecule has 0 unspecified atom stereocenters. The van der Waals surface area contributed by atoms with Crippen molar-refractivity contribution in [3.63, 3.8) is 0 Å². The van der Waals surface area contributed by atoms with Gasteiger partial charge in [0.05, 0.1) is 0 Å². The SMILES string of the molecule is Cl.NCCCCCCC(=O)N1CCc2ccccc21. The first-order chi connectivity index (χ1) is 8.83. The average Bonchev–Trinajstić information content (AvgIpc) is 2.82. The van der Waals surface area contributed by atoms with E-state index in [0.29, 0.717) is 6.42 Å². The molecule has 1 aliphatic heterocycles. The van der Waals surface area contributed by atoms with E-state index < -0.39 is 0 Å². The van der Waals surface area contributed by atoms with E-state index in [0.717, 1.165) is 50.9 Å². The summed E-state index contributed by atoms with van der Waals surface area (Å²) in [5.74, 6) is 0.271. The second-order valence-corrected chi connectivity index (χ2v) is 4.88. The number of anilines is 1. The number of rotatable bonds is 6. The Labute approximate surface area is 121 Å². The fourth-order valence-corrected chi connectivity index (χ4v) is 2.51. The van der Waals surface area contributed by atoms with Gasteiger partial charge in [-0.2, -0.15) is 0 Å². The van der Waals surface area contributed by atoms with Crippen LogP contribution in [0.1, 0.15) is 37.7 Å². The minimum absolute atomic E-state index is 0. The predicted molar refractivity (Wildman–Crippen MR) is 81.9 cm³/mol. The van der Waals surface area contributed by atoms with Crippen molar-refractivity contribution >= 4 is 24.0 Å². The zero-order valence-electron chi connectivity index (χ0n) is 11.3. The lowest BCUT2D eigenvalue weighted by Crippen LogP contribution is -2.28. The third-order valence-corrected chi connectivity index (χ3v) is 3.53. The van der Waals surface area contributed by atoms with Gasteiger partial charge in [0.2, 0.25) is 5.91 Å². The number of halogens is 1. The van der Waals surface area contributed by atoms with Gasteiger partial charge in [-0.05, 0) is 37.4 Å². The summed E-state index contributed by atoms with van der Waals surface area (Å²) in [6, 6.07) is 8.21. The summed E-state index contributed by atoms with van der Waals surface area (Å²) >= 11 is 0. The van der Waals surface area contributed by atoms with Crippen molar-refractivity contribution in [2.45, 2.75) is 38.5 Å². The van der Waals surface area contributed by atoms with Crippen LogP contribution in [0.2, 0.25) is 0 Å². The van der Waals surface area contributed by atoms with Gasteiger partial charge >= 0.3 is 0 Å². The van der Waals surface area contributed by atoms with Gasteiger partial charge < -0.3 is 10.6 Å². The normalized spacial score (nSPS) is 13.0. The quantitative estimate of drug-likeness (QED) is 0.816. The second-order valence-electron chi connectivity index (χ2n) is 4.88. The van der Waals surface area contributed by atoms with Crippen LogP contribution < -0.4 is 10.6 Å². The molecule has 1 aliphatic rings. The topological polar surface area (TPSA) is 46.3 Å². The lowest BCUT2D eigenvalue weighted by Gasteiger charge is -2.17. The molecular weight excluding hydrogens is 260 g/mol. The van der Waals surface area contributed by atoms with Crippen molar-refractivity contribution in [2.75, 3.05) is 18.0 Å². The monoisotopic (exact) mass is 282 g/mol. The number of nitrogens with zero attached hydrogens (tertiary/aromatic N) is 1. The largest absolute Gasteiger partial charge is 0.330 e. The van der Waals surface area contributed by atoms with Crippen molar-refractivity contribution in [3.05, 3.63) is 29.8 Å². The van der Waals surface area contributed by atoms with Crippen molar-refractivity contribution in [1.82, 2.24) is 0 Å². The Balaban J connectivity index is 0.00000180. The van der Waals surface area contributed by atoms with Gasteiger partial charge in [-0.15, -0.1) is 12.4 Å². The fourth-order valence-electron chi connectivity index (χ4n) is 2.51. The van der Waals surface area contributed by atoms with E-state index in [-0.39, 0.29) is 18.3 Å². The molecule has 1 heterocycles. The predicted octanol–water partition coefficient (Wildman–Crippen LogP) is 2.91. The minimum Gasteiger partial charge on any atom is -0.330 e. The van der Waals surface area contributed by atoms with E-state index >= 15 is 0 Å². The Morgan fingerprint density at radius 3 is 2.68 bits per heavy atom. The average molecular weight is 283 g/mol. The number of hydrogen-bond acceptors (Lipinski definition) is 2. The number of para-hydroxylation sites is 1. The van der Waals surface area contributed by atoms with Crippen LogP contribution in [0.25, 0.3) is 0 Å². The van der Waals surface area contributed by atoms with Crippen LogP contribution in [0.5, 0.6) is 0 Å². The summed E-state index contributed by atoms with van der Waals surface area (Å²) in [6.07, 6.45) is 5.96. The van der Waals surface area contributed by atoms with Crippen LogP contribution in [0.15, 0.2) is 24.3 Å². The van der Waals surface area contributed by atoms with Crippen molar-refractivity contribution < 1.29 is 4.79 Å². The highest BCUT2D eigenvalue weighted by molar-refractivity contribution is 5.95. The first-order valence-electron chi connectivity index (χ1n) is 6.91. The minimum atomic E-state index is 0. The van der Waals surface area contributed by atoms with E-state index in [9.17, 15) is 4.79 Å². The van der Waals surface area contributed by atoms with Crippen molar-refractivity contribution in [3.8, 4) is 0 Å². The van der Waals surface area contributed by atoms with Gasteiger partial charge in [0.15, 0.2) is 0 Å². The maximum absolute atomic E-state index is 12.1. The van der Waals surface area contributed by atoms with E-state index in [4.69, 9.17) is 5.73 Å². The molecule has 0 spiro atoms. The standard InChI is InChI=1S/C15H22N2O.ClH/c16-11-6-2-1-3-9-15(18)17-12-10-13-7-4-5-8-14(13)17;/h4-5,7-8H,1-3,6,9-12,16H2;1H. The smallest absolute Gasteiger partial charge is 0.226 e. The molecule has 106 valence electrons. The lowest BCUT2D eigenvalue weighted by atomic mass is 10.1. The molecule has 0 saturated carbocycles. The first kappa shape index (κ1) is 16.0. The number of carbonyl (C=O) groups excluding carboxylic acids is 1. The third-order valence-electron chi connectivity index (χ3n) is 3.53. The molecule has 0 saturated heterocycles. The Bertz CT molecular complexity index is 409. The third kappa shape index (κ3) is 4.22. The molecule has 2 N–H and O–H groups in total. The number of carbonyl (C=O) groups is 1. The number of hydrogen-bond donors (Lipinski definition) is 1. The van der Waals surface area contributed by atoms with Gasteiger partial charge in [0.1, 0.15) is 0 Å². The van der Waals surface area contributed by atoms with E-state index in [1.165, 1.54) is 5.56 Å². The molecule has 0 atom stereocenters. The van der Waals surface area contributed by atoms with Crippen molar-refractivity contribution in [2.24, 2.45) is 5.73 Å². The maximum atomic E-state index is 12.1. The molecule has 4 heteroatoms. The van der Waals surface area contributed by atoms with Gasteiger partial charge in [0.25, 0.3) is 0 Å². The highest BCUT2D eigenvalue weighted by Gasteiger charge is 2.23. The highest BCUT2D eigenvalue weighted by Crippen LogP contribution is 2.28. The van der Waals surface area contributed by atoms with Gasteiger partial charge in [-0.25, -0.2) is 0 Å². The molecule has 0 radical (unpaired) electrons. The fraction of sp³-hybridized carbons (Fsp3) is 0.533. The molecule has 0 aromatic heterocycles. The van der Waals surface area contributed by atoms with Gasteiger partial charge in [-0.3, -0.25) is 4.79 Å². The van der Waals surface area contributed by atoms with E-state index in [1.807, 2.05) is 17.0 Å². The van der Waals surface area contributed by atoms with Crippen LogP contribution in [0.3, 0.4) is 0 Å². The van der Waals surface area contributed by atoms with E-state index in [1.54, 1.807) is 0 Å². The van der Waals surface area contributed by atoms with Crippen LogP contribution in [0.4, 0.5) is 5.69 Å². The summed E-state index contributed by atoms with van der Waals surface area (Å²) in [4.78, 5) is 14.1. The van der Waals surface area contributed by atoms with Crippen LogP contribution in [0, 0.1) is 0 Å². The van der Waals surface area contributed by atoms with Gasteiger partial charge in [-0.1, -0.05) is 31.0 Å². The van der Waals surface area contributed by atoms with Crippen LogP contribution in [-0.2, 0) is 11.2 Å². The molecule has 0 aliphatic carbocycles. The lowest BCUT2D eigenvalue weighted by molar-refractivity contribution is -0.118. The maximum Gasteiger partial charge on any atom is 0.226 e. The molecule has 0 fully saturated rings. The Kier molecular flexibility index (Phi) is 6.89. The summed E-state index contributed by atoms with van der Waals surface area (Å²) in [7, 11) is 0. The molecular formula is C15H23ClN2O. The molecule has 1 amide bonds. The summed E-state index contributed by atoms with van der Waals surface area (Å²) in [5, 5.41) is 0. The molecule has 1 aromatic carbocycles. The van der Waals surface area contributed by atoms with Crippen molar-refractivity contribution in [1.29, 1.82) is 0 Å². The van der Waals surface area contributed by atoms with E-state index in [2.05, 4.69) is 12.1 Å². The van der Waals surface area contributed by atoms with Crippen LogP contribution in [-0.4, -0.2) is 19.0 Å². The molecule has 1 aromatic rings. The summed E-state index contributed by atoms with van der Waals surface area (Å²) in [5.41, 5.74) is 7.86. The number of benzene rings is 1. The Hall–Kier alpha value is -1.06. The number of fused-ring (bicyclic) bond motifs is 1. The van der Waals surface area contributed by atoms with Gasteiger partial charge in [0, 0.05) is 18.7 Å². The number of nitrogens with two attached hydrogens (primary N) is 1. The first-order valence-corrected chi connectivity index (χ1v) is 6.91. The summed E-state index contributed by atoms with van der Waals surface area (Å²) < 4.78 is 0.